The van der Waals surface area contributed by atoms with Gasteiger partial charge in [0.25, 0.3) is 0 Å². The summed E-state index contributed by atoms with van der Waals surface area (Å²) in [5.41, 5.74) is 2.94. The maximum absolute atomic E-state index is 5.74. The van der Waals surface area contributed by atoms with E-state index in [0.717, 1.165) is 11.5 Å². The van der Waals surface area contributed by atoms with Crippen LogP contribution < -0.4 is 7.58 Å². The molecule has 0 unspecified atom stereocenters. The highest BCUT2D eigenvalue weighted by Gasteiger charge is 2.15. The quantitative estimate of drug-likeness (QED) is 0.713. The summed E-state index contributed by atoms with van der Waals surface area (Å²) in [6.07, 6.45) is 0. The van der Waals surface area contributed by atoms with Crippen LogP contribution in [0.25, 0.3) is 0 Å². The first-order chi connectivity index (χ1) is 10.7. The van der Waals surface area contributed by atoms with Crippen molar-refractivity contribution in [3.8, 4) is 11.5 Å². The third kappa shape index (κ3) is 5.31. The molecule has 121 valence electrons. The van der Waals surface area contributed by atoms with E-state index in [1.165, 1.54) is 11.1 Å². The lowest BCUT2D eigenvalue weighted by molar-refractivity contribution is 0.458. The second-order valence-electron chi connectivity index (χ2n) is 7.88. The van der Waals surface area contributed by atoms with Gasteiger partial charge in [-0.05, 0) is 46.2 Å². The van der Waals surface area contributed by atoms with Crippen molar-refractivity contribution < 1.29 is 7.58 Å². The highest BCUT2D eigenvalue weighted by molar-refractivity contribution is 6.20. The first kappa shape index (κ1) is 17.9. The lowest BCUT2D eigenvalue weighted by Crippen LogP contribution is -2.13. The second kappa shape index (κ2) is 6.99. The Bertz CT molecular complexity index is 559. The zero-order valence-corrected chi connectivity index (χ0v) is 16.2. The molecular formula is C20H26AlO2. The highest BCUT2D eigenvalue weighted by atomic mass is 27.2. The van der Waals surface area contributed by atoms with Crippen molar-refractivity contribution in [1.29, 1.82) is 0 Å². The summed E-state index contributed by atoms with van der Waals surface area (Å²) in [5, 5.41) is 0. The maximum atomic E-state index is 5.74. The van der Waals surface area contributed by atoms with Gasteiger partial charge in [0, 0.05) is 0 Å². The average Bonchev–Trinajstić information content (AvgIpc) is 2.46. The molecule has 0 aliphatic heterocycles. The highest BCUT2D eigenvalue weighted by Crippen LogP contribution is 2.25. The van der Waals surface area contributed by atoms with Gasteiger partial charge in [0.1, 0.15) is 0 Å². The Labute approximate surface area is 147 Å². The van der Waals surface area contributed by atoms with Crippen molar-refractivity contribution in [2.24, 2.45) is 0 Å². The van der Waals surface area contributed by atoms with Crippen molar-refractivity contribution in [3.63, 3.8) is 0 Å². The number of hydrogen-bond donors (Lipinski definition) is 0. The zero-order chi connectivity index (χ0) is 17.1. The lowest BCUT2D eigenvalue weighted by atomic mass is 9.87. The van der Waals surface area contributed by atoms with E-state index in [2.05, 4.69) is 65.8 Å². The monoisotopic (exact) mass is 325 g/mol. The first-order valence-electron chi connectivity index (χ1n) is 8.02. The lowest BCUT2D eigenvalue weighted by Gasteiger charge is -2.20. The van der Waals surface area contributed by atoms with Gasteiger partial charge in [-0.1, -0.05) is 65.8 Å². The summed E-state index contributed by atoms with van der Waals surface area (Å²) in [5.74, 6) is 1.72. The largest absolute Gasteiger partial charge is 0.881 e. The summed E-state index contributed by atoms with van der Waals surface area (Å²) < 4.78 is 11.5. The molecule has 2 aromatic rings. The molecule has 0 aliphatic rings. The van der Waals surface area contributed by atoms with Crippen LogP contribution in [0.15, 0.2) is 48.5 Å². The molecule has 0 bridgehead atoms. The van der Waals surface area contributed by atoms with Gasteiger partial charge in [-0.15, -0.1) is 0 Å². The Hall–Kier alpha value is -1.43. The molecule has 0 aromatic heterocycles. The second-order valence-corrected chi connectivity index (χ2v) is 8.54. The average molecular weight is 325 g/mol. The molecule has 0 saturated carbocycles. The van der Waals surface area contributed by atoms with E-state index in [0.29, 0.717) is 0 Å². The summed E-state index contributed by atoms with van der Waals surface area (Å²) >= 11 is -0.562. The van der Waals surface area contributed by atoms with Gasteiger partial charge < -0.3 is 7.58 Å². The zero-order valence-electron chi connectivity index (χ0n) is 15.0. The summed E-state index contributed by atoms with van der Waals surface area (Å²) in [6, 6.07) is 16.5. The van der Waals surface area contributed by atoms with Crippen LogP contribution in [0.2, 0.25) is 0 Å². The normalized spacial score (nSPS) is 11.9. The fourth-order valence-electron chi connectivity index (χ4n) is 2.20. The van der Waals surface area contributed by atoms with Crippen molar-refractivity contribution in [3.05, 3.63) is 59.7 Å². The van der Waals surface area contributed by atoms with E-state index < -0.39 is 15.9 Å². The molecule has 2 rings (SSSR count). The molecule has 0 amide bonds. The van der Waals surface area contributed by atoms with Crippen LogP contribution in [0, 0.1) is 0 Å². The van der Waals surface area contributed by atoms with Crippen LogP contribution in [-0.2, 0) is 10.8 Å². The van der Waals surface area contributed by atoms with E-state index in [4.69, 9.17) is 7.58 Å². The Morgan fingerprint density at radius 2 is 0.870 bits per heavy atom. The van der Waals surface area contributed by atoms with E-state index in [1.807, 2.05) is 24.3 Å². The van der Waals surface area contributed by atoms with E-state index in [9.17, 15) is 0 Å². The third-order valence-electron chi connectivity index (χ3n) is 3.81. The number of hydrogen-bond acceptors (Lipinski definition) is 2. The summed E-state index contributed by atoms with van der Waals surface area (Å²) in [6.45, 7) is 13.2. The van der Waals surface area contributed by atoms with E-state index in [1.54, 1.807) is 0 Å². The molecule has 0 saturated heterocycles. The topological polar surface area (TPSA) is 18.5 Å². The Morgan fingerprint density at radius 3 is 1.13 bits per heavy atom. The van der Waals surface area contributed by atoms with Crippen molar-refractivity contribution in [2.75, 3.05) is 0 Å². The Balaban J connectivity index is 1.87. The SMILES string of the molecule is CC(C)(C)c1ccc([O][Al][O]c2ccc(C(C)(C)C)cc2)cc1. The van der Waals surface area contributed by atoms with E-state index in [-0.39, 0.29) is 10.8 Å². The minimum Gasteiger partial charge on any atom is -0.616 e. The molecule has 0 heterocycles. The minimum absolute atomic E-state index is 0.163. The molecule has 0 N–H and O–H groups in total. The fourth-order valence-corrected chi connectivity index (χ4v) is 2.79. The van der Waals surface area contributed by atoms with Crippen LogP contribution in [-0.4, -0.2) is 15.9 Å². The van der Waals surface area contributed by atoms with Crippen LogP contribution in [0.1, 0.15) is 52.7 Å². The summed E-state index contributed by atoms with van der Waals surface area (Å²) in [7, 11) is 0. The van der Waals surface area contributed by atoms with Crippen molar-refractivity contribution >= 4 is 15.9 Å². The molecule has 23 heavy (non-hydrogen) atoms. The molecule has 0 spiro atoms. The number of rotatable bonds is 4. The molecule has 0 fully saturated rings. The van der Waals surface area contributed by atoms with Crippen molar-refractivity contribution in [1.82, 2.24) is 0 Å². The van der Waals surface area contributed by atoms with Crippen molar-refractivity contribution in [2.45, 2.75) is 52.4 Å². The van der Waals surface area contributed by atoms with Gasteiger partial charge >= 0.3 is 15.9 Å². The van der Waals surface area contributed by atoms with Gasteiger partial charge in [-0.2, -0.15) is 0 Å². The first-order valence-corrected chi connectivity index (χ1v) is 8.97. The molecule has 0 aliphatic carbocycles. The van der Waals surface area contributed by atoms with Crippen LogP contribution in [0.5, 0.6) is 11.5 Å². The Morgan fingerprint density at radius 1 is 0.565 bits per heavy atom. The third-order valence-corrected chi connectivity index (χ3v) is 4.55. The van der Waals surface area contributed by atoms with Crippen LogP contribution in [0.3, 0.4) is 0 Å². The molecule has 2 nitrogen and oxygen atoms in total. The fraction of sp³-hybridized carbons (Fsp3) is 0.400. The predicted molar refractivity (Wildman–Crippen MR) is 97.3 cm³/mol. The molecule has 0 atom stereocenters. The maximum Gasteiger partial charge on any atom is 0.881 e. The van der Waals surface area contributed by atoms with Gasteiger partial charge in [-0.25, -0.2) is 0 Å². The molecular weight excluding hydrogens is 299 g/mol. The van der Waals surface area contributed by atoms with Gasteiger partial charge in [0.05, 0.1) is 11.5 Å². The predicted octanol–water partition coefficient (Wildman–Crippen LogP) is 5.27. The molecule has 2 aromatic carbocycles. The van der Waals surface area contributed by atoms with Crippen LogP contribution in [0.4, 0.5) is 0 Å². The molecule has 1 radical (unpaired) electrons. The Kier molecular flexibility index (Phi) is 5.45. The van der Waals surface area contributed by atoms with Gasteiger partial charge in [0.15, 0.2) is 0 Å². The summed E-state index contributed by atoms with van der Waals surface area (Å²) in [4.78, 5) is 0. The molecule has 3 heteroatoms. The van der Waals surface area contributed by atoms with Gasteiger partial charge in [0.2, 0.25) is 0 Å². The minimum atomic E-state index is -0.562. The van der Waals surface area contributed by atoms with Crippen LogP contribution >= 0.6 is 0 Å². The number of benzene rings is 2. The van der Waals surface area contributed by atoms with Gasteiger partial charge in [-0.3, -0.25) is 0 Å². The smallest absolute Gasteiger partial charge is 0.616 e. The standard InChI is InChI=1S/2C10H14O.Al/c2*1-10(2,3)8-4-6-9(11)7-5-8;/h2*4-7,11H,1-3H3;/q;;+2/p-2. The van der Waals surface area contributed by atoms with E-state index >= 15 is 0 Å².